The molecule has 32 heavy (non-hydrogen) atoms. The van der Waals surface area contributed by atoms with Gasteiger partial charge in [-0.2, -0.15) is 0 Å². The maximum atomic E-state index is 6.19. The number of rotatable bonds is 10. The van der Waals surface area contributed by atoms with Crippen molar-refractivity contribution in [2.24, 2.45) is 0 Å². The lowest BCUT2D eigenvalue weighted by Crippen LogP contribution is -2.11. The molecule has 0 saturated heterocycles. The highest BCUT2D eigenvalue weighted by atomic mass is 16.5. The molecule has 1 heterocycles. The fourth-order valence-electron chi connectivity index (χ4n) is 4.02. The van der Waals surface area contributed by atoms with Crippen molar-refractivity contribution >= 4 is 11.0 Å². The fraction of sp³-hybridized carbons (Fsp3) is 0.250. The molecule has 0 aliphatic rings. The Bertz CT molecular complexity index is 1190. The van der Waals surface area contributed by atoms with Crippen LogP contribution in [0.25, 0.3) is 11.0 Å². The van der Waals surface area contributed by atoms with E-state index in [1.807, 2.05) is 36.4 Å². The molecule has 4 heteroatoms. The van der Waals surface area contributed by atoms with Gasteiger partial charge in [-0.05, 0) is 61.6 Å². The van der Waals surface area contributed by atoms with Gasteiger partial charge < -0.3 is 14.0 Å². The van der Waals surface area contributed by atoms with E-state index in [1.54, 1.807) is 0 Å². The summed E-state index contributed by atoms with van der Waals surface area (Å²) >= 11 is 0. The minimum atomic E-state index is 0.417. The van der Waals surface area contributed by atoms with Crippen molar-refractivity contribution in [3.8, 4) is 11.5 Å². The molecule has 0 radical (unpaired) electrons. The van der Waals surface area contributed by atoms with Gasteiger partial charge in [0, 0.05) is 6.54 Å². The third-order valence-corrected chi connectivity index (χ3v) is 5.61. The Balaban J connectivity index is 1.47. The van der Waals surface area contributed by atoms with Crippen LogP contribution in [0.4, 0.5) is 0 Å². The Kier molecular flexibility index (Phi) is 6.90. The first-order chi connectivity index (χ1) is 15.7. The number of fused-ring (bicyclic) bond motifs is 1. The Morgan fingerprint density at radius 1 is 0.906 bits per heavy atom. The van der Waals surface area contributed by atoms with Crippen LogP contribution in [0.5, 0.6) is 11.5 Å². The molecular weight excluding hydrogens is 396 g/mol. The molecule has 4 rings (SSSR count). The van der Waals surface area contributed by atoms with E-state index in [9.17, 15) is 0 Å². The van der Waals surface area contributed by atoms with Crippen molar-refractivity contribution < 1.29 is 9.47 Å². The summed E-state index contributed by atoms with van der Waals surface area (Å²) in [5.74, 6) is 2.79. The summed E-state index contributed by atoms with van der Waals surface area (Å²) in [5.41, 5.74) is 5.58. The van der Waals surface area contributed by atoms with Crippen molar-refractivity contribution in [1.29, 1.82) is 0 Å². The number of aryl methyl sites for hydroxylation is 3. The first kappa shape index (κ1) is 21.7. The van der Waals surface area contributed by atoms with Gasteiger partial charge in [0.05, 0.1) is 17.6 Å². The largest absolute Gasteiger partial charge is 0.493 e. The number of ether oxygens (including phenoxy) is 2. The molecule has 1 aromatic heterocycles. The second-order valence-electron chi connectivity index (χ2n) is 7.98. The van der Waals surface area contributed by atoms with Crippen LogP contribution in [-0.4, -0.2) is 16.2 Å². The van der Waals surface area contributed by atoms with Crippen LogP contribution >= 0.6 is 0 Å². The van der Waals surface area contributed by atoms with Gasteiger partial charge in [-0.15, -0.1) is 6.58 Å². The molecule has 0 aliphatic carbocycles. The van der Waals surface area contributed by atoms with Crippen molar-refractivity contribution in [2.45, 2.75) is 39.8 Å². The van der Waals surface area contributed by atoms with Gasteiger partial charge in [0.1, 0.15) is 23.9 Å². The summed E-state index contributed by atoms with van der Waals surface area (Å²) < 4.78 is 14.6. The summed E-state index contributed by atoms with van der Waals surface area (Å²) in [6.45, 7) is 9.91. The number of benzene rings is 3. The highest BCUT2D eigenvalue weighted by molar-refractivity contribution is 5.75. The van der Waals surface area contributed by atoms with E-state index in [2.05, 4.69) is 61.4 Å². The maximum absolute atomic E-state index is 6.19. The standard InChI is InChI=1S/C28H30N2O2/c1-4-11-23-14-5-8-17-26(23)32-20-27-29-24-15-6-7-16-25(24)30(27)18-10-19-31-28-21(2)12-9-13-22(28)3/h4-9,12-17H,1,10-11,18-20H2,2-3H3. The molecule has 3 aromatic carbocycles. The topological polar surface area (TPSA) is 36.3 Å². The quantitative estimate of drug-likeness (QED) is 0.217. The van der Waals surface area contributed by atoms with E-state index < -0.39 is 0 Å². The number of nitrogens with zero attached hydrogens (tertiary/aromatic N) is 2. The predicted octanol–water partition coefficient (Wildman–Crippen LogP) is 6.43. The van der Waals surface area contributed by atoms with Crippen LogP contribution in [-0.2, 0) is 19.6 Å². The minimum Gasteiger partial charge on any atom is -0.493 e. The highest BCUT2D eigenvalue weighted by Crippen LogP contribution is 2.24. The first-order valence-corrected chi connectivity index (χ1v) is 11.1. The van der Waals surface area contributed by atoms with Gasteiger partial charge in [-0.3, -0.25) is 0 Å². The third-order valence-electron chi connectivity index (χ3n) is 5.61. The molecular formula is C28H30N2O2. The molecule has 0 atom stereocenters. The summed E-state index contributed by atoms with van der Waals surface area (Å²) in [7, 11) is 0. The minimum absolute atomic E-state index is 0.417. The monoisotopic (exact) mass is 426 g/mol. The Morgan fingerprint density at radius 3 is 2.47 bits per heavy atom. The van der Waals surface area contributed by atoms with Crippen LogP contribution in [0.2, 0.25) is 0 Å². The number of hydrogen-bond acceptors (Lipinski definition) is 3. The first-order valence-electron chi connectivity index (χ1n) is 11.1. The van der Waals surface area contributed by atoms with Gasteiger partial charge in [0.2, 0.25) is 0 Å². The van der Waals surface area contributed by atoms with Crippen LogP contribution in [0, 0.1) is 13.8 Å². The van der Waals surface area contributed by atoms with Gasteiger partial charge in [0.15, 0.2) is 0 Å². The normalized spacial score (nSPS) is 10.9. The lowest BCUT2D eigenvalue weighted by molar-refractivity contribution is 0.278. The zero-order valence-corrected chi connectivity index (χ0v) is 18.9. The molecule has 0 amide bonds. The number of para-hydroxylation sites is 4. The average Bonchev–Trinajstić information content (AvgIpc) is 3.15. The molecule has 4 nitrogen and oxygen atoms in total. The molecule has 0 fully saturated rings. The number of aromatic nitrogens is 2. The van der Waals surface area contributed by atoms with Gasteiger partial charge in [0.25, 0.3) is 0 Å². The average molecular weight is 427 g/mol. The SMILES string of the molecule is C=CCc1ccccc1OCc1nc2ccccc2n1CCCOc1c(C)cccc1C. The van der Waals surface area contributed by atoms with Gasteiger partial charge in [-0.1, -0.05) is 54.6 Å². The molecule has 0 unspecified atom stereocenters. The van der Waals surface area contributed by atoms with E-state index >= 15 is 0 Å². The molecule has 4 aromatic rings. The maximum Gasteiger partial charge on any atom is 0.148 e. The van der Waals surface area contributed by atoms with E-state index in [1.165, 1.54) is 11.1 Å². The van der Waals surface area contributed by atoms with E-state index in [0.717, 1.165) is 53.3 Å². The second-order valence-corrected chi connectivity index (χ2v) is 7.98. The van der Waals surface area contributed by atoms with Gasteiger partial charge >= 0.3 is 0 Å². The smallest absolute Gasteiger partial charge is 0.148 e. The number of imidazole rings is 1. The van der Waals surface area contributed by atoms with E-state index in [-0.39, 0.29) is 0 Å². The molecule has 0 spiro atoms. The van der Waals surface area contributed by atoms with E-state index in [4.69, 9.17) is 14.5 Å². The van der Waals surface area contributed by atoms with E-state index in [0.29, 0.717) is 13.2 Å². The lowest BCUT2D eigenvalue weighted by atomic mass is 10.1. The predicted molar refractivity (Wildman–Crippen MR) is 130 cm³/mol. The molecule has 0 aliphatic heterocycles. The molecule has 164 valence electrons. The van der Waals surface area contributed by atoms with Crippen molar-refractivity contribution in [3.05, 3.63) is 102 Å². The third kappa shape index (κ3) is 4.86. The second kappa shape index (κ2) is 10.2. The molecule has 0 bridgehead atoms. The molecule has 0 N–H and O–H groups in total. The van der Waals surface area contributed by atoms with Crippen molar-refractivity contribution in [1.82, 2.24) is 9.55 Å². The van der Waals surface area contributed by atoms with Crippen LogP contribution in [0.15, 0.2) is 79.4 Å². The van der Waals surface area contributed by atoms with Crippen LogP contribution < -0.4 is 9.47 Å². The molecule has 0 saturated carbocycles. The van der Waals surface area contributed by atoms with Crippen LogP contribution in [0.1, 0.15) is 28.9 Å². The lowest BCUT2D eigenvalue weighted by Gasteiger charge is -2.14. The summed E-state index contributed by atoms with van der Waals surface area (Å²) in [5, 5.41) is 0. The Labute approximate surface area is 190 Å². The van der Waals surface area contributed by atoms with Crippen molar-refractivity contribution in [2.75, 3.05) is 6.61 Å². The summed E-state index contributed by atoms with van der Waals surface area (Å²) in [4.78, 5) is 4.85. The number of allylic oxidation sites excluding steroid dienone is 1. The van der Waals surface area contributed by atoms with Gasteiger partial charge in [-0.25, -0.2) is 4.98 Å². The Hall–Kier alpha value is -3.53. The number of hydrogen-bond donors (Lipinski definition) is 0. The van der Waals surface area contributed by atoms with Crippen molar-refractivity contribution in [3.63, 3.8) is 0 Å². The Morgan fingerprint density at radius 2 is 1.66 bits per heavy atom. The fourth-order valence-corrected chi connectivity index (χ4v) is 4.02. The van der Waals surface area contributed by atoms with Crippen LogP contribution in [0.3, 0.4) is 0 Å². The zero-order valence-electron chi connectivity index (χ0n) is 18.9. The summed E-state index contributed by atoms with van der Waals surface area (Å²) in [6, 6.07) is 22.6. The summed E-state index contributed by atoms with van der Waals surface area (Å²) in [6.07, 6.45) is 3.56. The highest BCUT2D eigenvalue weighted by Gasteiger charge is 2.12. The zero-order chi connectivity index (χ0) is 22.3.